The van der Waals surface area contributed by atoms with Crippen LogP contribution in [-0.2, 0) is 11.3 Å². The predicted molar refractivity (Wildman–Crippen MR) is 97.4 cm³/mol. The highest BCUT2D eigenvalue weighted by molar-refractivity contribution is 5.92. The maximum absolute atomic E-state index is 12.4. The van der Waals surface area contributed by atoms with Crippen molar-refractivity contribution in [2.45, 2.75) is 20.4 Å². The van der Waals surface area contributed by atoms with E-state index >= 15 is 0 Å². The van der Waals surface area contributed by atoms with Crippen LogP contribution in [0.1, 0.15) is 18.4 Å². The molecule has 1 aromatic heterocycles. The molecule has 7 nitrogen and oxygen atoms in total. The first-order valence-corrected chi connectivity index (χ1v) is 9.25. The van der Waals surface area contributed by atoms with E-state index in [0.717, 1.165) is 55.6 Å². The summed E-state index contributed by atoms with van der Waals surface area (Å²) in [5.74, 6) is 1.60. The number of hydrogen-bond acceptors (Lipinski definition) is 4. The molecule has 1 aliphatic rings. The lowest BCUT2D eigenvalue weighted by molar-refractivity contribution is -1.02. The molecule has 0 spiro atoms. The number of carbonyl (C=O) groups is 1. The van der Waals surface area contributed by atoms with Crippen molar-refractivity contribution >= 4 is 11.6 Å². The van der Waals surface area contributed by atoms with Gasteiger partial charge in [-0.2, -0.15) is 0 Å². The lowest BCUT2D eigenvalue weighted by Gasteiger charge is -2.28. The second-order valence-electron chi connectivity index (χ2n) is 6.76. The molecule has 2 heterocycles. The molecule has 0 atom stereocenters. The average molecular weight is 360 g/mol. The van der Waals surface area contributed by atoms with Crippen LogP contribution in [0, 0.1) is 6.92 Å². The average Bonchev–Trinajstić information content (AvgIpc) is 3.03. The van der Waals surface area contributed by atoms with Gasteiger partial charge in [-0.1, -0.05) is 17.3 Å². The second kappa shape index (κ2) is 8.82. The molecule has 1 fully saturated rings. The molecule has 0 unspecified atom stereocenters. The van der Waals surface area contributed by atoms with Crippen LogP contribution in [0.3, 0.4) is 0 Å². The zero-order valence-corrected chi connectivity index (χ0v) is 15.5. The molecular formula is C19H28N4O3+2. The predicted octanol–water partition coefficient (Wildman–Crippen LogP) is -0.696. The van der Waals surface area contributed by atoms with Crippen LogP contribution in [0.4, 0.5) is 5.69 Å². The van der Waals surface area contributed by atoms with Gasteiger partial charge in [-0.15, -0.1) is 0 Å². The molecule has 3 N–H and O–H groups in total. The molecule has 3 rings (SSSR count). The van der Waals surface area contributed by atoms with Gasteiger partial charge in [0.05, 0.1) is 12.3 Å². The molecule has 1 amide bonds. The smallest absolute Gasteiger partial charge is 0.279 e. The molecule has 1 saturated heterocycles. The maximum Gasteiger partial charge on any atom is 0.279 e. The number of hydrogen-bond donors (Lipinski definition) is 3. The van der Waals surface area contributed by atoms with E-state index in [0.29, 0.717) is 13.2 Å². The van der Waals surface area contributed by atoms with Gasteiger partial charge in [0.1, 0.15) is 49.9 Å². The number of aromatic nitrogens is 1. The highest BCUT2D eigenvalue weighted by Crippen LogP contribution is 2.23. The molecule has 26 heavy (non-hydrogen) atoms. The minimum absolute atomic E-state index is 0.0303. The molecule has 0 bridgehead atoms. The molecule has 0 saturated carbocycles. The van der Waals surface area contributed by atoms with Gasteiger partial charge >= 0.3 is 0 Å². The Bertz CT molecular complexity index is 723. The first-order chi connectivity index (χ1) is 12.6. The van der Waals surface area contributed by atoms with Gasteiger partial charge in [0, 0.05) is 6.07 Å². The van der Waals surface area contributed by atoms with E-state index in [9.17, 15) is 4.79 Å². The van der Waals surface area contributed by atoms with Gasteiger partial charge in [-0.25, -0.2) is 0 Å². The molecule has 1 aliphatic heterocycles. The zero-order chi connectivity index (χ0) is 18.4. The minimum Gasteiger partial charge on any atom is -0.492 e. The van der Waals surface area contributed by atoms with Gasteiger partial charge in [0.2, 0.25) is 0 Å². The highest BCUT2D eigenvalue weighted by atomic mass is 16.5. The van der Waals surface area contributed by atoms with E-state index in [1.165, 1.54) is 9.80 Å². The van der Waals surface area contributed by atoms with Crippen LogP contribution in [-0.4, -0.2) is 50.4 Å². The van der Waals surface area contributed by atoms with Crippen LogP contribution in [0.2, 0.25) is 0 Å². The summed E-state index contributed by atoms with van der Waals surface area (Å²) < 4.78 is 10.7. The normalized spacial score (nSPS) is 19.9. The fourth-order valence-corrected chi connectivity index (χ4v) is 3.34. The Balaban J connectivity index is 1.45. The number of nitrogens with one attached hydrogen (secondary N) is 3. The summed E-state index contributed by atoms with van der Waals surface area (Å²) in [6, 6.07) is 9.55. The van der Waals surface area contributed by atoms with Crippen molar-refractivity contribution < 1.29 is 23.9 Å². The van der Waals surface area contributed by atoms with Crippen LogP contribution in [0.5, 0.6) is 5.75 Å². The summed E-state index contributed by atoms with van der Waals surface area (Å²) in [6.07, 6.45) is 0. The van der Waals surface area contributed by atoms with Crippen molar-refractivity contribution in [3.05, 3.63) is 41.8 Å². The number of ether oxygens (including phenoxy) is 1. The number of nitrogens with zero attached hydrogens (tertiary/aromatic N) is 1. The summed E-state index contributed by atoms with van der Waals surface area (Å²) in [5.41, 5.74) is 1.75. The van der Waals surface area contributed by atoms with Crippen LogP contribution < -0.4 is 19.9 Å². The monoisotopic (exact) mass is 360 g/mol. The number of quaternary nitrogens is 2. The third-order valence-electron chi connectivity index (χ3n) is 4.64. The van der Waals surface area contributed by atoms with Crippen LogP contribution in [0.25, 0.3) is 0 Å². The first-order valence-electron chi connectivity index (χ1n) is 9.25. The topological polar surface area (TPSA) is 73.2 Å². The van der Waals surface area contributed by atoms with Gasteiger partial charge in [-0.3, -0.25) is 4.79 Å². The van der Waals surface area contributed by atoms with Crippen molar-refractivity contribution in [1.29, 1.82) is 0 Å². The second-order valence-corrected chi connectivity index (χ2v) is 6.76. The van der Waals surface area contributed by atoms with Crippen molar-refractivity contribution in [2.75, 3.05) is 44.6 Å². The summed E-state index contributed by atoms with van der Waals surface area (Å²) >= 11 is 0. The number of carbonyl (C=O) groups excluding carboxylic acids is 1. The Labute approximate surface area is 153 Å². The third kappa shape index (κ3) is 5.06. The highest BCUT2D eigenvalue weighted by Gasteiger charge is 2.25. The third-order valence-corrected chi connectivity index (χ3v) is 4.64. The van der Waals surface area contributed by atoms with E-state index in [2.05, 4.69) is 10.5 Å². The van der Waals surface area contributed by atoms with Crippen LogP contribution >= 0.6 is 0 Å². The fraction of sp³-hybridized carbons (Fsp3) is 0.474. The Hall–Kier alpha value is -2.38. The minimum atomic E-state index is 0.0303. The molecule has 0 radical (unpaired) electrons. The summed E-state index contributed by atoms with van der Waals surface area (Å²) in [4.78, 5) is 15.2. The summed E-state index contributed by atoms with van der Waals surface area (Å²) in [7, 11) is 0. The van der Waals surface area contributed by atoms with E-state index < -0.39 is 0 Å². The SMILES string of the molecule is CCOc1ccccc1NC(=O)C[NH+]1CC[NH+](Cc2cc(C)on2)CC1. The Morgan fingerprint density at radius 2 is 1.96 bits per heavy atom. The number of piperazine rings is 1. The van der Waals surface area contributed by atoms with Crippen LogP contribution in [0.15, 0.2) is 34.9 Å². The summed E-state index contributed by atoms with van der Waals surface area (Å²) in [6.45, 7) is 9.82. The molecular weight excluding hydrogens is 332 g/mol. The molecule has 1 aromatic carbocycles. The van der Waals surface area contributed by atoms with E-state index in [1.54, 1.807) is 0 Å². The van der Waals surface area contributed by atoms with E-state index in [1.807, 2.05) is 44.2 Å². The quantitative estimate of drug-likeness (QED) is 0.611. The standard InChI is InChI=1S/C19H26N4O3/c1-3-25-18-7-5-4-6-17(18)20-19(24)14-23-10-8-22(9-11-23)13-16-12-15(2)26-21-16/h4-7,12H,3,8-11,13-14H2,1-2H3,(H,20,24)/p+2. The fourth-order valence-electron chi connectivity index (χ4n) is 3.34. The number of rotatable bonds is 7. The first kappa shape index (κ1) is 18.4. The van der Waals surface area contributed by atoms with E-state index in [4.69, 9.17) is 9.26 Å². The van der Waals surface area contributed by atoms with Gasteiger partial charge in [-0.05, 0) is 26.0 Å². The Kier molecular flexibility index (Phi) is 6.25. The largest absolute Gasteiger partial charge is 0.492 e. The van der Waals surface area contributed by atoms with Crippen molar-refractivity contribution in [3.8, 4) is 5.75 Å². The summed E-state index contributed by atoms with van der Waals surface area (Å²) in [5, 5.41) is 7.05. The Morgan fingerprint density at radius 3 is 2.65 bits per heavy atom. The molecule has 2 aromatic rings. The lowest BCUT2D eigenvalue weighted by atomic mass is 10.2. The Morgan fingerprint density at radius 1 is 1.23 bits per heavy atom. The molecule has 140 valence electrons. The maximum atomic E-state index is 12.4. The number of para-hydroxylation sites is 2. The number of aryl methyl sites for hydroxylation is 1. The van der Waals surface area contributed by atoms with Gasteiger partial charge in [0.25, 0.3) is 5.91 Å². The zero-order valence-electron chi connectivity index (χ0n) is 15.5. The number of benzene rings is 1. The van der Waals surface area contributed by atoms with Gasteiger partial charge in [0.15, 0.2) is 6.54 Å². The van der Waals surface area contributed by atoms with Crippen molar-refractivity contribution in [3.63, 3.8) is 0 Å². The van der Waals surface area contributed by atoms with E-state index in [-0.39, 0.29) is 5.91 Å². The molecule has 0 aliphatic carbocycles. The molecule has 7 heteroatoms. The number of amides is 1. The lowest BCUT2D eigenvalue weighted by Crippen LogP contribution is -3.28. The van der Waals surface area contributed by atoms with Crippen molar-refractivity contribution in [2.24, 2.45) is 0 Å². The number of anilines is 1. The van der Waals surface area contributed by atoms with Gasteiger partial charge < -0.3 is 24.4 Å². The van der Waals surface area contributed by atoms with Crippen molar-refractivity contribution in [1.82, 2.24) is 5.16 Å².